The summed E-state index contributed by atoms with van der Waals surface area (Å²) in [6, 6.07) is 11.4. The molecule has 0 bridgehead atoms. The van der Waals surface area contributed by atoms with Gasteiger partial charge < -0.3 is 14.8 Å². The van der Waals surface area contributed by atoms with Crippen LogP contribution >= 0.6 is 0 Å². The molecule has 0 saturated heterocycles. The van der Waals surface area contributed by atoms with E-state index in [2.05, 4.69) is 5.32 Å². The zero-order valence-electron chi connectivity index (χ0n) is 12.7. The third-order valence-corrected chi connectivity index (χ3v) is 3.12. The number of amides is 1. The van der Waals surface area contributed by atoms with Crippen molar-refractivity contribution in [3.63, 3.8) is 0 Å². The summed E-state index contributed by atoms with van der Waals surface area (Å²) in [4.78, 5) is 12.2. The van der Waals surface area contributed by atoms with Gasteiger partial charge in [0, 0.05) is 0 Å². The van der Waals surface area contributed by atoms with Crippen LogP contribution in [0.25, 0.3) is 0 Å². The highest BCUT2D eigenvalue weighted by Gasteiger charge is 2.18. The van der Waals surface area contributed by atoms with Gasteiger partial charge in [-0.3, -0.25) is 4.79 Å². The standard InChI is InChI=1S/C17H18FNO3/c1-11-8-9-16(21-3)14(10-11)19-17(20)12(2)22-15-7-5-4-6-13(15)18/h4-10,12H,1-3H3,(H,19,20). The van der Waals surface area contributed by atoms with Crippen molar-refractivity contribution < 1.29 is 18.7 Å². The Morgan fingerprint density at radius 2 is 1.91 bits per heavy atom. The Balaban J connectivity index is 2.09. The molecule has 22 heavy (non-hydrogen) atoms. The van der Waals surface area contributed by atoms with Gasteiger partial charge in [0.1, 0.15) is 5.75 Å². The van der Waals surface area contributed by atoms with Crippen molar-refractivity contribution in [2.75, 3.05) is 12.4 Å². The summed E-state index contributed by atoms with van der Waals surface area (Å²) in [6.07, 6.45) is -0.845. The van der Waals surface area contributed by atoms with Gasteiger partial charge in [0.2, 0.25) is 0 Å². The van der Waals surface area contributed by atoms with Crippen LogP contribution in [0.4, 0.5) is 10.1 Å². The first-order valence-corrected chi connectivity index (χ1v) is 6.88. The minimum absolute atomic E-state index is 0.0429. The number of carbonyl (C=O) groups excluding carboxylic acids is 1. The molecule has 0 aliphatic heterocycles. The minimum Gasteiger partial charge on any atom is -0.495 e. The lowest BCUT2D eigenvalue weighted by atomic mass is 10.2. The molecule has 2 aromatic carbocycles. The Morgan fingerprint density at radius 1 is 1.18 bits per heavy atom. The normalized spacial score (nSPS) is 11.6. The molecule has 1 atom stereocenters. The zero-order valence-corrected chi connectivity index (χ0v) is 12.7. The van der Waals surface area contributed by atoms with Gasteiger partial charge in [0.15, 0.2) is 17.7 Å². The van der Waals surface area contributed by atoms with Crippen molar-refractivity contribution in [1.29, 1.82) is 0 Å². The van der Waals surface area contributed by atoms with Crippen LogP contribution in [-0.4, -0.2) is 19.1 Å². The minimum atomic E-state index is -0.845. The lowest BCUT2D eigenvalue weighted by Gasteiger charge is -2.16. The first-order chi connectivity index (χ1) is 10.5. The molecule has 4 nitrogen and oxygen atoms in total. The number of para-hydroxylation sites is 1. The number of ether oxygens (including phenoxy) is 2. The molecule has 1 amide bonds. The lowest BCUT2D eigenvalue weighted by molar-refractivity contribution is -0.122. The highest BCUT2D eigenvalue weighted by Crippen LogP contribution is 2.25. The molecule has 0 radical (unpaired) electrons. The van der Waals surface area contributed by atoms with Crippen molar-refractivity contribution >= 4 is 11.6 Å². The number of anilines is 1. The monoisotopic (exact) mass is 303 g/mol. The smallest absolute Gasteiger partial charge is 0.265 e. The predicted molar refractivity (Wildman–Crippen MR) is 82.9 cm³/mol. The molecule has 2 aromatic rings. The molecule has 1 unspecified atom stereocenters. The van der Waals surface area contributed by atoms with Crippen LogP contribution < -0.4 is 14.8 Å². The molecule has 0 saturated carbocycles. The molecular formula is C17H18FNO3. The maximum Gasteiger partial charge on any atom is 0.265 e. The summed E-state index contributed by atoms with van der Waals surface area (Å²) in [5.41, 5.74) is 1.54. The van der Waals surface area contributed by atoms with Crippen molar-refractivity contribution in [3.8, 4) is 11.5 Å². The van der Waals surface area contributed by atoms with E-state index in [9.17, 15) is 9.18 Å². The number of methoxy groups -OCH3 is 1. The molecule has 0 spiro atoms. The SMILES string of the molecule is COc1ccc(C)cc1NC(=O)C(C)Oc1ccccc1F. The van der Waals surface area contributed by atoms with E-state index in [1.54, 1.807) is 31.2 Å². The van der Waals surface area contributed by atoms with E-state index in [-0.39, 0.29) is 11.7 Å². The number of nitrogens with one attached hydrogen (secondary N) is 1. The Bertz CT molecular complexity index is 673. The van der Waals surface area contributed by atoms with Crippen molar-refractivity contribution in [1.82, 2.24) is 0 Å². The van der Waals surface area contributed by atoms with E-state index in [0.29, 0.717) is 11.4 Å². The van der Waals surface area contributed by atoms with Gasteiger partial charge in [0.25, 0.3) is 5.91 Å². The topological polar surface area (TPSA) is 47.6 Å². The lowest BCUT2D eigenvalue weighted by Crippen LogP contribution is -2.30. The van der Waals surface area contributed by atoms with Gasteiger partial charge in [-0.05, 0) is 43.7 Å². The number of aryl methyl sites for hydroxylation is 1. The summed E-state index contributed by atoms with van der Waals surface area (Å²) < 4.78 is 24.1. The Morgan fingerprint density at radius 3 is 2.59 bits per heavy atom. The molecule has 1 N–H and O–H groups in total. The van der Waals surface area contributed by atoms with Crippen LogP contribution in [-0.2, 0) is 4.79 Å². The van der Waals surface area contributed by atoms with Crippen LogP contribution in [0.3, 0.4) is 0 Å². The molecule has 2 rings (SSSR count). The molecular weight excluding hydrogens is 285 g/mol. The summed E-state index contributed by atoms with van der Waals surface area (Å²) in [5.74, 6) is -0.291. The van der Waals surface area contributed by atoms with Gasteiger partial charge in [-0.25, -0.2) is 4.39 Å². The molecule has 0 aliphatic rings. The second kappa shape index (κ2) is 6.93. The summed E-state index contributed by atoms with van der Waals surface area (Å²) in [6.45, 7) is 3.47. The fourth-order valence-electron chi connectivity index (χ4n) is 1.94. The number of carbonyl (C=O) groups is 1. The van der Waals surface area contributed by atoms with Crippen LogP contribution in [0.1, 0.15) is 12.5 Å². The zero-order chi connectivity index (χ0) is 16.1. The van der Waals surface area contributed by atoms with Crippen molar-refractivity contribution in [2.45, 2.75) is 20.0 Å². The molecule has 0 fully saturated rings. The first-order valence-electron chi connectivity index (χ1n) is 6.88. The van der Waals surface area contributed by atoms with Crippen molar-refractivity contribution in [3.05, 3.63) is 53.8 Å². The molecule has 0 aliphatic carbocycles. The van der Waals surface area contributed by atoms with Crippen LogP contribution in [0.5, 0.6) is 11.5 Å². The number of hydrogen-bond acceptors (Lipinski definition) is 3. The molecule has 5 heteroatoms. The average Bonchev–Trinajstić information content (AvgIpc) is 2.49. The summed E-state index contributed by atoms with van der Waals surface area (Å²) >= 11 is 0. The number of hydrogen-bond donors (Lipinski definition) is 1. The Kier molecular flexibility index (Phi) is 4.99. The fraction of sp³-hybridized carbons (Fsp3) is 0.235. The molecule has 0 heterocycles. The maximum atomic E-state index is 13.5. The van der Waals surface area contributed by atoms with E-state index >= 15 is 0 Å². The number of rotatable bonds is 5. The van der Waals surface area contributed by atoms with Gasteiger partial charge in [0.05, 0.1) is 12.8 Å². The van der Waals surface area contributed by atoms with E-state index in [4.69, 9.17) is 9.47 Å². The van der Waals surface area contributed by atoms with Gasteiger partial charge in [-0.1, -0.05) is 18.2 Å². The molecule has 116 valence electrons. The molecule has 0 aromatic heterocycles. The number of benzene rings is 2. The van der Waals surface area contributed by atoms with E-state index in [1.807, 2.05) is 13.0 Å². The second-order valence-electron chi connectivity index (χ2n) is 4.88. The van der Waals surface area contributed by atoms with Gasteiger partial charge in [-0.15, -0.1) is 0 Å². The predicted octanol–water partition coefficient (Wildman–Crippen LogP) is 3.55. The van der Waals surface area contributed by atoms with E-state index in [0.717, 1.165) is 5.56 Å². The third-order valence-electron chi connectivity index (χ3n) is 3.12. The number of halogens is 1. The van der Waals surface area contributed by atoms with Gasteiger partial charge in [-0.2, -0.15) is 0 Å². The van der Waals surface area contributed by atoms with Crippen molar-refractivity contribution in [2.24, 2.45) is 0 Å². The van der Waals surface area contributed by atoms with E-state index < -0.39 is 11.9 Å². The quantitative estimate of drug-likeness (QED) is 0.919. The highest BCUT2D eigenvalue weighted by atomic mass is 19.1. The highest BCUT2D eigenvalue weighted by molar-refractivity contribution is 5.95. The third kappa shape index (κ3) is 3.75. The van der Waals surface area contributed by atoms with Crippen LogP contribution in [0.15, 0.2) is 42.5 Å². The van der Waals surface area contributed by atoms with Gasteiger partial charge >= 0.3 is 0 Å². The Labute approximate surface area is 128 Å². The average molecular weight is 303 g/mol. The fourth-order valence-corrected chi connectivity index (χ4v) is 1.94. The summed E-state index contributed by atoms with van der Waals surface area (Å²) in [7, 11) is 1.53. The second-order valence-corrected chi connectivity index (χ2v) is 4.88. The Hall–Kier alpha value is -2.56. The van der Waals surface area contributed by atoms with E-state index in [1.165, 1.54) is 19.2 Å². The summed E-state index contributed by atoms with van der Waals surface area (Å²) in [5, 5.41) is 2.73. The maximum absolute atomic E-state index is 13.5. The van der Waals surface area contributed by atoms with Crippen LogP contribution in [0.2, 0.25) is 0 Å². The van der Waals surface area contributed by atoms with Crippen LogP contribution in [0, 0.1) is 12.7 Å². The first kappa shape index (κ1) is 15.8. The largest absolute Gasteiger partial charge is 0.495 e.